The normalized spacial score (nSPS) is 15.3. The maximum atomic E-state index is 12.1. The van der Waals surface area contributed by atoms with Crippen molar-refractivity contribution < 1.29 is 17.7 Å². The molecule has 0 aliphatic carbocycles. The zero-order valence-corrected chi connectivity index (χ0v) is 12.1. The molecule has 0 bridgehead atoms. The lowest BCUT2D eigenvalue weighted by atomic mass is 9.99. The minimum Gasteiger partial charge on any atom is -0.339 e. The van der Waals surface area contributed by atoms with Gasteiger partial charge in [-0.05, 0) is 19.4 Å². The molecule has 0 fully saturated rings. The van der Waals surface area contributed by atoms with E-state index in [4.69, 9.17) is 4.52 Å². The highest BCUT2D eigenvalue weighted by Crippen LogP contribution is 2.23. The zero-order chi connectivity index (χ0) is 15.2. The van der Waals surface area contributed by atoms with E-state index in [9.17, 15) is 13.2 Å². The molecule has 1 rings (SSSR count). The molecule has 0 aromatic carbocycles. The number of nitrogens with zero attached hydrogens (tertiary/aromatic N) is 2. The highest BCUT2D eigenvalue weighted by molar-refractivity contribution is 4.97. The van der Waals surface area contributed by atoms with E-state index in [-0.39, 0.29) is 24.2 Å². The molecule has 4 nitrogen and oxygen atoms in total. The first-order valence-corrected chi connectivity index (χ1v) is 7.00. The average Bonchev–Trinajstić information content (AvgIpc) is 2.85. The minimum absolute atomic E-state index is 0.0151. The van der Waals surface area contributed by atoms with Crippen LogP contribution in [-0.4, -0.2) is 28.9 Å². The molecule has 0 aliphatic heterocycles. The maximum Gasteiger partial charge on any atom is 0.389 e. The van der Waals surface area contributed by atoms with Gasteiger partial charge in [0.2, 0.25) is 5.89 Å². The SMILES string of the molecule is CCCNC(CC)C(C)c1nc(CCC(F)(F)F)no1. The van der Waals surface area contributed by atoms with Crippen molar-refractivity contribution in [1.82, 2.24) is 15.5 Å². The first-order valence-electron chi connectivity index (χ1n) is 7.00. The Hall–Kier alpha value is -1.11. The van der Waals surface area contributed by atoms with E-state index in [1.54, 1.807) is 0 Å². The lowest BCUT2D eigenvalue weighted by Gasteiger charge is -2.20. The van der Waals surface area contributed by atoms with Crippen molar-refractivity contribution in [3.63, 3.8) is 0 Å². The standard InChI is InChI=1S/C13H22F3N3O/c1-4-8-17-10(5-2)9(3)12-18-11(19-20-12)6-7-13(14,15)16/h9-10,17H,4-8H2,1-3H3. The van der Waals surface area contributed by atoms with E-state index in [1.807, 2.05) is 13.8 Å². The van der Waals surface area contributed by atoms with Gasteiger partial charge in [0.25, 0.3) is 0 Å². The van der Waals surface area contributed by atoms with E-state index in [1.165, 1.54) is 0 Å². The van der Waals surface area contributed by atoms with Crippen LogP contribution in [0.15, 0.2) is 4.52 Å². The van der Waals surface area contributed by atoms with Crippen LogP contribution in [0.4, 0.5) is 13.2 Å². The van der Waals surface area contributed by atoms with Gasteiger partial charge in [-0.2, -0.15) is 18.2 Å². The number of nitrogens with one attached hydrogen (secondary N) is 1. The van der Waals surface area contributed by atoms with Crippen molar-refractivity contribution in [2.75, 3.05) is 6.54 Å². The van der Waals surface area contributed by atoms with Crippen LogP contribution in [0, 0.1) is 0 Å². The van der Waals surface area contributed by atoms with Crippen molar-refractivity contribution in [3.05, 3.63) is 11.7 Å². The van der Waals surface area contributed by atoms with Crippen LogP contribution >= 0.6 is 0 Å². The molecular weight excluding hydrogens is 271 g/mol. The first kappa shape index (κ1) is 16.9. The second kappa shape index (κ2) is 7.61. The maximum absolute atomic E-state index is 12.1. The Morgan fingerprint density at radius 3 is 2.55 bits per heavy atom. The smallest absolute Gasteiger partial charge is 0.339 e. The minimum atomic E-state index is -4.19. The van der Waals surface area contributed by atoms with E-state index >= 15 is 0 Å². The van der Waals surface area contributed by atoms with Gasteiger partial charge in [-0.15, -0.1) is 0 Å². The van der Waals surface area contributed by atoms with Gasteiger partial charge < -0.3 is 9.84 Å². The van der Waals surface area contributed by atoms with Crippen LogP contribution in [0.2, 0.25) is 0 Å². The monoisotopic (exact) mass is 293 g/mol. The summed E-state index contributed by atoms with van der Waals surface area (Å²) in [4.78, 5) is 4.07. The third kappa shape index (κ3) is 5.48. The Morgan fingerprint density at radius 2 is 2.00 bits per heavy atom. The van der Waals surface area contributed by atoms with Gasteiger partial charge in [-0.3, -0.25) is 0 Å². The van der Waals surface area contributed by atoms with E-state index in [0.29, 0.717) is 5.89 Å². The third-order valence-electron chi connectivity index (χ3n) is 3.21. The van der Waals surface area contributed by atoms with Crippen LogP contribution < -0.4 is 5.32 Å². The lowest BCUT2D eigenvalue weighted by molar-refractivity contribution is -0.134. The molecule has 0 saturated heterocycles. The van der Waals surface area contributed by atoms with Gasteiger partial charge >= 0.3 is 6.18 Å². The molecule has 20 heavy (non-hydrogen) atoms. The number of hydrogen-bond donors (Lipinski definition) is 1. The number of hydrogen-bond acceptors (Lipinski definition) is 4. The van der Waals surface area contributed by atoms with Crippen LogP contribution in [0.1, 0.15) is 57.7 Å². The molecule has 2 atom stereocenters. The molecule has 1 aromatic heterocycles. The van der Waals surface area contributed by atoms with Gasteiger partial charge in [0.05, 0.1) is 12.3 Å². The molecule has 0 amide bonds. The Morgan fingerprint density at radius 1 is 1.30 bits per heavy atom. The number of aryl methyl sites for hydroxylation is 1. The summed E-state index contributed by atoms with van der Waals surface area (Å²) in [7, 11) is 0. The summed E-state index contributed by atoms with van der Waals surface area (Å²) < 4.78 is 41.5. The number of halogens is 3. The van der Waals surface area contributed by atoms with Crippen molar-refractivity contribution in [2.45, 2.75) is 64.6 Å². The number of alkyl halides is 3. The molecule has 0 radical (unpaired) electrons. The molecule has 1 heterocycles. The zero-order valence-electron chi connectivity index (χ0n) is 12.1. The van der Waals surface area contributed by atoms with E-state index in [0.717, 1.165) is 19.4 Å². The fraction of sp³-hybridized carbons (Fsp3) is 0.846. The molecule has 1 N–H and O–H groups in total. The Labute approximate surface area is 117 Å². The van der Waals surface area contributed by atoms with Crippen molar-refractivity contribution in [2.24, 2.45) is 0 Å². The molecule has 2 unspecified atom stereocenters. The number of aromatic nitrogens is 2. The molecule has 0 aliphatic rings. The van der Waals surface area contributed by atoms with Crippen LogP contribution in [0.5, 0.6) is 0 Å². The highest BCUT2D eigenvalue weighted by Gasteiger charge is 2.28. The summed E-state index contributed by atoms with van der Waals surface area (Å²) in [6.45, 7) is 6.95. The molecular formula is C13H22F3N3O. The van der Waals surface area contributed by atoms with E-state index < -0.39 is 12.6 Å². The van der Waals surface area contributed by atoms with Crippen LogP contribution in [0.25, 0.3) is 0 Å². The fourth-order valence-corrected chi connectivity index (χ4v) is 1.98. The molecule has 116 valence electrons. The summed E-state index contributed by atoms with van der Waals surface area (Å²) >= 11 is 0. The molecule has 0 spiro atoms. The van der Waals surface area contributed by atoms with Crippen molar-refractivity contribution in [3.8, 4) is 0 Å². The van der Waals surface area contributed by atoms with Gasteiger partial charge in [0.1, 0.15) is 0 Å². The number of rotatable bonds is 8. The van der Waals surface area contributed by atoms with Gasteiger partial charge in [-0.25, -0.2) is 0 Å². The first-order chi connectivity index (χ1) is 9.37. The topological polar surface area (TPSA) is 51.0 Å². The van der Waals surface area contributed by atoms with Gasteiger partial charge in [0, 0.05) is 12.5 Å². The summed E-state index contributed by atoms with van der Waals surface area (Å²) in [5, 5.41) is 7.00. The summed E-state index contributed by atoms with van der Waals surface area (Å²) in [6, 6.07) is 0.186. The van der Waals surface area contributed by atoms with E-state index in [2.05, 4.69) is 22.4 Å². The Balaban J connectivity index is 2.60. The van der Waals surface area contributed by atoms with Gasteiger partial charge in [-0.1, -0.05) is 25.9 Å². The highest BCUT2D eigenvalue weighted by atomic mass is 19.4. The predicted molar refractivity (Wildman–Crippen MR) is 69.5 cm³/mol. The fourth-order valence-electron chi connectivity index (χ4n) is 1.98. The molecule has 7 heteroatoms. The summed E-state index contributed by atoms with van der Waals surface area (Å²) in [5.74, 6) is 0.505. The quantitative estimate of drug-likeness (QED) is 0.797. The third-order valence-corrected chi connectivity index (χ3v) is 3.21. The Bertz CT molecular complexity index is 392. The summed E-state index contributed by atoms with van der Waals surface area (Å²) in [5.41, 5.74) is 0. The largest absolute Gasteiger partial charge is 0.389 e. The van der Waals surface area contributed by atoms with Gasteiger partial charge in [0.15, 0.2) is 5.82 Å². The van der Waals surface area contributed by atoms with Crippen molar-refractivity contribution in [1.29, 1.82) is 0 Å². The van der Waals surface area contributed by atoms with Crippen molar-refractivity contribution >= 4 is 0 Å². The predicted octanol–water partition coefficient (Wildman–Crippen LogP) is 3.45. The summed E-state index contributed by atoms with van der Waals surface area (Å²) in [6.07, 6.45) is -3.45. The Kier molecular flexibility index (Phi) is 6.45. The average molecular weight is 293 g/mol. The van der Waals surface area contributed by atoms with Crippen LogP contribution in [0.3, 0.4) is 0 Å². The second-order valence-corrected chi connectivity index (χ2v) is 4.92. The molecule has 0 saturated carbocycles. The van der Waals surface area contributed by atoms with Crippen LogP contribution in [-0.2, 0) is 6.42 Å². The molecule has 1 aromatic rings. The second-order valence-electron chi connectivity index (χ2n) is 4.92. The lowest BCUT2D eigenvalue weighted by Crippen LogP contribution is -2.33.